The van der Waals surface area contributed by atoms with E-state index in [2.05, 4.69) is 4.72 Å². The van der Waals surface area contributed by atoms with Crippen LogP contribution >= 0.6 is 0 Å². The third-order valence-electron chi connectivity index (χ3n) is 6.67. The average Bonchev–Trinajstić information content (AvgIpc) is 2.88. The second-order valence-electron chi connectivity index (χ2n) is 9.49. The smallest absolute Gasteiger partial charge is 0.208 e. The highest BCUT2D eigenvalue weighted by Crippen LogP contribution is 2.23. The molecule has 0 aliphatic heterocycles. The lowest BCUT2D eigenvalue weighted by molar-refractivity contribution is 0.409. The first-order chi connectivity index (χ1) is 17.2. The minimum absolute atomic E-state index is 0.0600. The van der Waals surface area contributed by atoms with Gasteiger partial charge in [-0.2, -0.15) is 4.31 Å². The summed E-state index contributed by atoms with van der Waals surface area (Å²) in [6, 6.07) is 23.1. The van der Waals surface area contributed by atoms with Crippen LogP contribution in [0.4, 0.5) is 0 Å². The fourth-order valence-electron chi connectivity index (χ4n) is 4.53. The molecular formula is C28H34N2O4S2. The van der Waals surface area contributed by atoms with Crippen LogP contribution in [0.15, 0.2) is 88.7 Å². The van der Waals surface area contributed by atoms with Crippen molar-refractivity contribution < 1.29 is 16.8 Å². The predicted octanol–water partition coefficient (Wildman–Crippen LogP) is 5.04. The Kier molecular flexibility index (Phi) is 8.62. The Bertz CT molecular complexity index is 1330. The van der Waals surface area contributed by atoms with Crippen molar-refractivity contribution in [1.82, 2.24) is 9.03 Å². The van der Waals surface area contributed by atoms with E-state index in [0.717, 1.165) is 48.8 Å². The third-order valence-corrected chi connectivity index (χ3v) is 10.1. The van der Waals surface area contributed by atoms with Crippen molar-refractivity contribution in [3.63, 3.8) is 0 Å². The van der Waals surface area contributed by atoms with Gasteiger partial charge in [-0.25, -0.2) is 21.6 Å². The molecule has 1 aliphatic rings. The first kappa shape index (κ1) is 26.5. The number of hydrogen-bond donors (Lipinski definition) is 1. The number of hydrogen-bond acceptors (Lipinski definition) is 4. The summed E-state index contributed by atoms with van der Waals surface area (Å²) in [6.45, 7) is 2.54. The lowest BCUT2D eigenvalue weighted by Gasteiger charge is -2.23. The van der Waals surface area contributed by atoms with Gasteiger partial charge in [-0.3, -0.25) is 0 Å². The van der Waals surface area contributed by atoms with Crippen LogP contribution in [-0.2, 0) is 33.0 Å². The van der Waals surface area contributed by atoms with Gasteiger partial charge in [-0.15, -0.1) is 0 Å². The van der Waals surface area contributed by atoms with Crippen LogP contribution in [-0.4, -0.2) is 33.7 Å². The first-order valence-electron chi connectivity index (χ1n) is 12.5. The van der Waals surface area contributed by atoms with Crippen molar-refractivity contribution in [2.24, 2.45) is 0 Å². The van der Waals surface area contributed by atoms with Gasteiger partial charge in [-0.05, 0) is 61.6 Å². The average molecular weight is 527 g/mol. The predicted molar refractivity (Wildman–Crippen MR) is 143 cm³/mol. The van der Waals surface area contributed by atoms with Crippen molar-refractivity contribution in [3.8, 4) is 0 Å². The minimum Gasteiger partial charge on any atom is -0.208 e. The largest absolute Gasteiger partial charge is 0.243 e. The Labute approximate surface area is 215 Å². The first-order valence-corrected chi connectivity index (χ1v) is 15.4. The van der Waals surface area contributed by atoms with Gasteiger partial charge in [-0.1, -0.05) is 79.4 Å². The number of aryl methyl sites for hydroxylation is 1. The van der Waals surface area contributed by atoms with Crippen molar-refractivity contribution >= 4 is 20.0 Å². The molecular weight excluding hydrogens is 492 g/mol. The van der Waals surface area contributed by atoms with E-state index in [4.69, 9.17) is 0 Å². The summed E-state index contributed by atoms with van der Waals surface area (Å²) in [5, 5.41) is 0. The Hall–Kier alpha value is -2.52. The molecule has 0 unspecified atom stereocenters. The summed E-state index contributed by atoms with van der Waals surface area (Å²) >= 11 is 0. The number of benzene rings is 3. The van der Waals surface area contributed by atoms with Crippen LogP contribution < -0.4 is 4.72 Å². The highest BCUT2D eigenvalue weighted by molar-refractivity contribution is 7.89. The molecule has 6 nitrogen and oxygen atoms in total. The summed E-state index contributed by atoms with van der Waals surface area (Å²) in [5.41, 5.74) is 3.06. The van der Waals surface area contributed by atoms with Crippen molar-refractivity contribution in [3.05, 3.63) is 95.6 Å². The fraction of sp³-hybridized carbons (Fsp3) is 0.357. The molecule has 0 radical (unpaired) electrons. The molecule has 36 heavy (non-hydrogen) atoms. The lowest BCUT2D eigenvalue weighted by Crippen LogP contribution is -2.36. The minimum atomic E-state index is -3.85. The SMILES string of the molecule is Cc1ccc(CN(CCc2ccccc2)S(=O)(=O)c2ccc(S(=O)(=O)NC3CCCCC3)cc2)cc1. The molecule has 1 aliphatic carbocycles. The summed E-state index contributed by atoms with van der Waals surface area (Å²) in [6.07, 6.45) is 5.41. The molecule has 0 atom stereocenters. The summed E-state index contributed by atoms with van der Waals surface area (Å²) in [5.74, 6) is 0. The number of sulfonamides is 2. The normalized spacial score (nSPS) is 15.3. The maximum Gasteiger partial charge on any atom is 0.243 e. The van der Waals surface area contributed by atoms with E-state index in [1.807, 2.05) is 61.5 Å². The maximum atomic E-state index is 13.7. The van der Waals surface area contributed by atoms with E-state index in [1.165, 1.54) is 28.6 Å². The van der Waals surface area contributed by atoms with Gasteiger partial charge in [0.25, 0.3) is 0 Å². The topological polar surface area (TPSA) is 83.6 Å². The highest BCUT2D eigenvalue weighted by atomic mass is 32.2. The van der Waals surface area contributed by atoms with E-state index >= 15 is 0 Å². The van der Waals surface area contributed by atoms with Crippen molar-refractivity contribution in [2.75, 3.05) is 6.54 Å². The fourth-order valence-corrected chi connectivity index (χ4v) is 7.26. The summed E-state index contributed by atoms with van der Waals surface area (Å²) in [4.78, 5) is 0.167. The quantitative estimate of drug-likeness (QED) is 0.401. The van der Waals surface area contributed by atoms with E-state index in [9.17, 15) is 16.8 Å². The molecule has 1 saturated carbocycles. The highest BCUT2D eigenvalue weighted by Gasteiger charge is 2.26. The van der Waals surface area contributed by atoms with Crippen LogP contribution in [0, 0.1) is 6.92 Å². The van der Waals surface area contributed by atoms with E-state index < -0.39 is 20.0 Å². The molecule has 0 saturated heterocycles. The van der Waals surface area contributed by atoms with Crippen LogP contribution in [0.2, 0.25) is 0 Å². The Morgan fingerprint density at radius 2 is 1.36 bits per heavy atom. The van der Waals surface area contributed by atoms with Crippen molar-refractivity contribution in [2.45, 2.75) is 67.8 Å². The molecule has 0 aromatic heterocycles. The standard InChI is InChI=1S/C28H34N2O4S2/c1-23-12-14-25(15-13-23)22-30(21-20-24-8-4-2-5-9-24)36(33,34)28-18-16-27(17-19-28)35(31,32)29-26-10-6-3-7-11-26/h2,4-5,8-9,12-19,26,29H,3,6-7,10-11,20-22H2,1H3. The number of nitrogens with zero attached hydrogens (tertiary/aromatic N) is 1. The molecule has 0 heterocycles. The maximum absolute atomic E-state index is 13.7. The van der Waals surface area contributed by atoms with Gasteiger partial charge in [0.05, 0.1) is 9.79 Å². The lowest BCUT2D eigenvalue weighted by atomic mass is 9.96. The Morgan fingerprint density at radius 1 is 0.750 bits per heavy atom. The zero-order valence-electron chi connectivity index (χ0n) is 20.6. The third kappa shape index (κ3) is 6.82. The Balaban J connectivity index is 1.55. The van der Waals surface area contributed by atoms with Gasteiger partial charge in [0, 0.05) is 19.1 Å². The van der Waals surface area contributed by atoms with E-state index in [1.54, 1.807) is 0 Å². The molecule has 8 heteroatoms. The number of nitrogens with one attached hydrogen (secondary N) is 1. The van der Waals surface area contributed by atoms with Crippen LogP contribution in [0.1, 0.15) is 48.8 Å². The zero-order chi connectivity index (χ0) is 25.6. The van der Waals surface area contributed by atoms with Crippen LogP contribution in [0.3, 0.4) is 0 Å². The summed E-state index contributed by atoms with van der Waals surface area (Å²) in [7, 11) is -7.55. The molecule has 0 amide bonds. The second kappa shape index (κ2) is 11.7. The molecule has 3 aromatic carbocycles. The van der Waals surface area contributed by atoms with Gasteiger partial charge >= 0.3 is 0 Å². The molecule has 4 rings (SSSR count). The van der Waals surface area contributed by atoms with Gasteiger partial charge in [0.1, 0.15) is 0 Å². The van der Waals surface area contributed by atoms with Crippen LogP contribution in [0.25, 0.3) is 0 Å². The second-order valence-corrected chi connectivity index (χ2v) is 13.1. The van der Waals surface area contributed by atoms with Gasteiger partial charge < -0.3 is 0 Å². The number of rotatable bonds is 10. The molecule has 1 N–H and O–H groups in total. The molecule has 0 bridgehead atoms. The zero-order valence-corrected chi connectivity index (χ0v) is 22.3. The molecule has 0 spiro atoms. The monoisotopic (exact) mass is 526 g/mol. The van der Waals surface area contributed by atoms with Gasteiger partial charge in [0.2, 0.25) is 20.0 Å². The molecule has 192 valence electrons. The summed E-state index contributed by atoms with van der Waals surface area (Å²) < 4.78 is 57.3. The Morgan fingerprint density at radius 3 is 2.00 bits per heavy atom. The molecule has 3 aromatic rings. The van der Waals surface area contributed by atoms with E-state index in [-0.39, 0.29) is 22.4 Å². The molecule has 1 fully saturated rings. The van der Waals surface area contributed by atoms with E-state index in [0.29, 0.717) is 13.0 Å². The van der Waals surface area contributed by atoms with Crippen LogP contribution in [0.5, 0.6) is 0 Å². The van der Waals surface area contributed by atoms with Crippen molar-refractivity contribution in [1.29, 1.82) is 0 Å². The van der Waals surface area contributed by atoms with Gasteiger partial charge in [0.15, 0.2) is 0 Å².